The van der Waals surface area contributed by atoms with Gasteiger partial charge in [0.25, 0.3) is 0 Å². The molecule has 1 aromatic rings. The summed E-state index contributed by atoms with van der Waals surface area (Å²) in [6.07, 6.45) is 3.56. The smallest absolute Gasteiger partial charge is 0.243 e. The number of rotatable bonds is 7. The molecule has 5 nitrogen and oxygen atoms in total. The fourth-order valence-corrected chi connectivity index (χ4v) is 1.58. The first-order valence-electron chi connectivity index (χ1n) is 6.49. The van der Waals surface area contributed by atoms with Crippen molar-refractivity contribution in [2.75, 3.05) is 13.7 Å². The van der Waals surface area contributed by atoms with Gasteiger partial charge in [-0.1, -0.05) is 25.9 Å². The van der Waals surface area contributed by atoms with Crippen LogP contribution in [0.5, 0.6) is 0 Å². The number of nitrogens with two attached hydrogens (primary N) is 1. The van der Waals surface area contributed by atoms with Gasteiger partial charge in [0.05, 0.1) is 6.04 Å². The van der Waals surface area contributed by atoms with Gasteiger partial charge in [0.2, 0.25) is 5.89 Å². The number of hydrogen-bond acceptors (Lipinski definition) is 5. The highest BCUT2D eigenvalue weighted by Gasteiger charge is 2.16. The van der Waals surface area contributed by atoms with Crippen molar-refractivity contribution in [3.8, 4) is 0 Å². The maximum absolute atomic E-state index is 5.98. The Morgan fingerprint density at radius 3 is 2.72 bits per heavy atom. The topological polar surface area (TPSA) is 74.2 Å². The monoisotopic (exact) mass is 255 g/mol. The van der Waals surface area contributed by atoms with Gasteiger partial charge in [-0.2, -0.15) is 4.98 Å². The summed E-state index contributed by atoms with van der Waals surface area (Å²) in [5.74, 6) is 1.29. The van der Waals surface area contributed by atoms with Gasteiger partial charge in [0.1, 0.15) is 0 Å². The second kappa shape index (κ2) is 6.85. The first-order valence-corrected chi connectivity index (χ1v) is 6.49. The molecule has 1 rings (SSSR count). The van der Waals surface area contributed by atoms with Crippen LogP contribution in [0.3, 0.4) is 0 Å². The molecule has 0 saturated heterocycles. The molecule has 1 aromatic heterocycles. The van der Waals surface area contributed by atoms with Crippen LogP contribution in [-0.4, -0.2) is 23.9 Å². The lowest BCUT2D eigenvalue weighted by molar-refractivity contribution is 0.188. The number of ether oxygens (including phenoxy) is 1. The average molecular weight is 255 g/mol. The highest BCUT2D eigenvalue weighted by atomic mass is 16.5. The normalized spacial score (nSPS) is 13.8. The Labute approximate surface area is 109 Å². The minimum Gasteiger partial charge on any atom is -0.385 e. The number of methoxy groups -OCH3 is 1. The third-order valence-corrected chi connectivity index (χ3v) is 2.76. The molecular weight excluding hydrogens is 230 g/mol. The van der Waals surface area contributed by atoms with Crippen LogP contribution in [-0.2, 0) is 11.2 Å². The Bertz CT molecular complexity index is 344. The summed E-state index contributed by atoms with van der Waals surface area (Å²) in [5.41, 5.74) is 6.26. The molecule has 0 saturated carbocycles. The van der Waals surface area contributed by atoms with E-state index in [1.165, 1.54) is 0 Å². The van der Waals surface area contributed by atoms with Gasteiger partial charge >= 0.3 is 0 Å². The third-order valence-electron chi connectivity index (χ3n) is 2.76. The summed E-state index contributed by atoms with van der Waals surface area (Å²) < 4.78 is 10.2. The lowest BCUT2D eigenvalue weighted by Gasteiger charge is -2.15. The Morgan fingerprint density at radius 1 is 1.39 bits per heavy atom. The summed E-state index contributed by atoms with van der Waals surface area (Å²) in [6.45, 7) is 7.30. The van der Waals surface area contributed by atoms with Crippen molar-refractivity contribution < 1.29 is 9.26 Å². The van der Waals surface area contributed by atoms with E-state index in [-0.39, 0.29) is 11.5 Å². The second-order valence-corrected chi connectivity index (χ2v) is 5.85. The van der Waals surface area contributed by atoms with Crippen LogP contribution in [0.15, 0.2) is 4.52 Å². The largest absolute Gasteiger partial charge is 0.385 e. The quantitative estimate of drug-likeness (QED) is 0.758. The number of aromatic nitrogens is 2. The van der Waals surface area contributed by atoms with Crippen LogP contribution in [0.4, 0.5) is 0 Å². The minimum atomic E-state index is -0.184. The highest BCUT2D eigenvalue weighted by molar-refractivity contribution is 4.92. The Balaban J connectivity index is 2.42. The van der Waals surface area contributed by atoms with Crippen molar-refractivity contribution in [1.29, 1.82) is 0 Å². The van der Waals surface area contributed by atoms with Crippen LogP contribution in [0.25, 0.3) is 0 Å². The van der Waals surface area contributed by atoms with Crippen LogP contribution in [0.2, 0.25) is 0 Å². The van der Waals surface area contributed by atoms with Crippen LogP contribution < -0.4 is 5.73 Å². The van der Waals surface area contributed by atoms with Crippen molar-refractivity contribution in [3.63, 3.8) is 0 Å². The zero-order valence-corrected chi connectivity index (χ0v) is 11.9. The van der Waals surface area contributed by atoms with Crippen LogP contribution in [0, 0.1) is 5.41 Å². The summed E-state index contributed by atoms with van der Waals surface area (Å²) in [4.78, 5) is 4.35. The second-order valence-electron chi connectivity index (χ2n) is 5.85. The highest BCUT2D eigenvalue weighted by Crippen LogP contribution is 2.21. The third kappa shape index (κ3) is 5.60. The molecule has 18 heavy (non-hydrogen) atoms. The average Bonchev–Trinajstić information content (AvgIpc) is 2.74. The summed E-state index contributed by atoms with van der Waals surface area (Å²) in [5, 5.41) is 3.97. The number of nitrogens with zero attached hydrogens (tertiary/aromatic N) is 2. The first kappa shape index (κ1) is 15.1. The van der Waals surface area contributed by atoms with E-state index in [0.29, 0.717) is 12.5 Å². The van der Waals surface area contributed by atoms with Crippen molar-refractivity contribution >= 4 is 0 Å². The fraction of sp³-hybridized carbons (Fsp3) is 0.846. The van der Waals surface area contributed by atoms with Crippen molar-refractivity contribution in [2.45, 2.75) is 52.5 Å². The molecule has 2 N–H and O–H groups in total. The Morgan fingerprint density at radius 2 is 2.11 bits per heavy atom. The van der Waals surface area contributed by atoms with E-state index in [4.69, 9.17) is 15.0 Å². The maximum atomic E-state index is 5.98. The van der Waals surface area contributed by atoms with Gasteiger partial charge in [0, 0.05) is 20.1 Å². The Kier molecular flexibility index (Phi) is 5.75. The summed E-state index contributed by atoms with van der Waals surface area (Å²) >= 11 is 0. The Hall–Kier alpha value is -0.940. The van der Waals surface area contributed by atoms with Gasteiger partial charge in [-0.25, -0.2) is 0 Å². The summed E-state index contributed by atoms with van der Waals surface area (Å²) in [6, 6.07) is -0.184. The van der Waals surface area contributed by atoms with Crippen molar-refractivity contribution in [3.05, 3.63) is 11.7 Å². The molecule has 0 fully saturated rings. The number of aryl methyl sites for hydroxylation is 1. The zero-order chi connectivity index (χ0) is 13.6. The molecular formula is C13H25N3O2. The van der Waals surface area contributed by atoms with E-state index >= 15 is 0 Å². The molecule has 0 amide bonds. The fourth-order valence-electron chi connectivity index (χ4n) is 1.58. The molecule has 0 aliphatic carbocycles. The predicted octanol–water partition coefficient (Wildman–Crippen LogP) is 2.47. The van der Waals surface area contributed by atoms with Gasteiger partial charge in [-0.15, -0.1) is 0 Å². The maximum Gasteiger partial charge on any atom is 0.243 e. The predicted molar refractivity (Wildman–Crippen MR) is 70.1 cm³/mol. The molecule has 1 atom stereocenters. The first-order chi connectivity index (χ1) is 8.42. The molecule has 0 aromatic carbocycles. The lowest BCUT2D eigenvalue weighted by Crippen LogP contribution is -2.12. The molecule has 0 bridgehead atoms. The summed E-state index contributed by atoms with van der Waals surface area (Å²) in [7, 11) is 1.68. The van der Waals surface area contributed by atoms with E-state index in [9.17, 15) is 0 Å². The molecule has 0 radical (unpaired) electrons. The van der Waals surface area contributed by atoms with E-state index < -0.39 is 0 Å². The van der Waals surface area contributed by atoms with E-state index in [2.05, 4.69) is 30.9 Å². The van der Waals surface area contributed by atoms with Crippen molar-refractivity contribution in [2.24, 2.45) is 11.1 Å². The van der Waals surface area contributed by atoms with Crippen molar-refractivity contribution in [1.82, 2.24) is 10.1 Å². The van der Waals surface area contributed by atoms with Crippen LogP contribution >= 0.6 is 0 Å². The zero-order valence-electron chi connectivity index (χ0n) is 11.9. The molecule has 104 valence electrons. The molecule has 0 aliphatic rings. The van der Waals surface area contributed by atoms with Gasteiger partial charge in [-0.3, -0.25) is 0 Å². The minimum absolute atomic E-state index is 0.184. The SMILES string of the molecule is COCCCC(N)c1nc(CCC(C)(C)C)no1. The van der Waals surface area contributed by atoms with E-state index in [0.717, 1.165) is 31.5 Å². The van der Waals surface area contributed by atoms with E-state index in [1.807, 2.05) is 0 Å². The van der Waals surface area contributed by atoms with E-state index in [1.54, 1.807) is 7.11 Å². The molecule has 5 heteroatoms. The van der Waals surface area contributed by atoms with Gasteiger partial charge in [0.15, 0.2) is 5.82 Å². The van der Waals surface area contributed by atoms with Gasteiger partial charge < -0.3 is 15.0 Å². The van der Waals surface area contributed by atoms with Gasteiger partial charge in [-0.05, 0) is 24.7 Å². The lowest BCUT2D eigenvalue weighted by atomic mass is 9.90. The molecule has 1 heterocycles. The standard InChI is InChI=1S/C13H25N3O2/c1-13(2,3)8-7-11-15-12(18-16-11)10(14)6-5-9-17-4/h10H,5-9,14H2,1-4H3. The molecule has 0 aliphatic heterocycles. The molecule has 1 unspecified atom stereocenters. The molecule has 0 spiro atoms. The van der Waals surface area contributed by atoms with Crippen LogP contribution in [0.1, 0.15) is 57.8 Å². The number of hydrogen-bond donors (Lipinski definition) is 1.